The predicted molar refractivity (Wildman–Crippen MR) is 74.4 cm³/mol. The highest BCUT2D eigenvalue weighted by Gasteiger charge is 2.32. The Hall–Kier alpha value is -1.51. The highest BCUT2D eigenvalue weighted by molar-refractivity contribution is 5.99. The summed E-state index contributed by atoms with van der Waals surface area (Å²) in [6, 6.07) is 7.23. The van der Waals surface area contributed by atoms with E-state index < -0.39 is 0 Å². The number of anilines is 1. The molecule has 0 aromatic heterocycles. The first-order valence-electron chi connectivity index (χ1n) is 6.80. The summed E-state index contributed by atoms with van der Waals surface area (Å²) in [5.74, 6) is -0.0483. The topological polar surface area (TPSA) is 55.1 Å². The van der Waals surface area contributed by atoms with Crippen molar-refractivity contribution in [3.05, 3.63) is 29.8 Å². The standard InChI is InChI=1S/C15H22N2O/c1-2-15(9-5-6-10-15)11-17-14(18)12-7-3-4-8-13(12)16/h3-4,7-8H,2,5-6,9-11,16H2,1H3,(H,17,18). The molecule has 98 valence electrons. The van der Waals surface area contributed by atoms with Gasteiger partial charge >= 0.3 is 0 Å². The van der Waals surface area contributed by atoms with Gasteiger partial charge in [-0.3, -0.25) is 4.79 Å². The number of amides is 1. The lowest BCUT2D eigenvalue weighted by molar-refractivity contribution is 0.0929. The summed E-state index contributed by atoms with van der Waals surface area (Å²) in [5.41, 5.74) is 7.26. The summed E-state index contributed by atoms with van der Waals surface area (Å²) < 4.78 is 0. The van der Waals surface area contributed by atoms with Gasteiger partial charge in [-0.15, -0.1) is 0 Å². The first kappa shape index (κ1) is 12.9. The highest BCUT2D eigenvalue weighted by atomic mass is 16.1. The lowest BCUT2D eigenvalue weighted by Crippen LogP contribution is -2.35. The highest BCUT2D eigenvalue weighted by Crippen LogP contribution is 2.40. The van der Waals surface area contributed by atoms with E-state index in [-0.39, 0.29) is 5.91 Å². The molecule has 3 N–H and O–H groups in total. The van der Waals surface area contributed by atoms with Crippen molar-refractivity contribution in [2.45, 2.75) is 39.0 Å². The smallest absolute Gasteiger partial charge is 0.253 e. The molecule has 0 saturated heterocycles. The van der Waals surface area contributed by atoms with E-state index in [1.165, 1.54) is 25.7 Å². The Morgan fingerprint density at radius 1 is 1.33 bits per heavy atom. The van der Waals surface area contributed by atoms with Crippen molar-refractivity contribution in [2.75, 3.05) is 12.3 Å². The van der Waals surface area contributed by atoms with Crippen LogP contribution in [0.15, 0.2) is 24.3 Å². The fraction of sp³-hybridized carbons (Fsp3) is 0.533. The first-order valence-corrected chi connectivity index (χ1v) is 6.80. The van der Waals surface area contributed by atoms with E-state index in [0.29, 0.717) is 16.7 Å². The van der Waals surface area contributed by atoms with Crippen molar-refractivity contribution in [3.8, 4) is 0 Å². The molecular formula is C15H22N2O. The molecule has 1 saturated carbocycles. The Labute approximate surface area is 109 Å². The summed E-state index contributed by atoms with van der Waals surface area (Å²) in [6.45, 7) is 2.99. The Balaban J connectivity index is 1.98. The third kappa shape index (κ3) is 2.66. The van der Waals surface area contributed by atoms with Crippen LogP contribution in [0.25, 0.3) is 0 Å². The molecule has 1 aliphatic carbocycles. The van der Waals surface area contributed by atoms with Gasteiger partial charge in [0.25, 0.3) is 5.91 Å². The SMILES string of the molecule is CCC1(CNC(=O)c2ccccc2N)CCCC1. The Kier molecular flexibility index (Phi) is 3.90. The Morgan fingerprint density at radius 3 is 2.61 bits per heavy atom. The number of rotatable bonds is 4. The van der Waals surface area contributed by atoms with Gasteiger partial charge in [-0.2, -0.15) is 0 Å². The molecule has 0 heterocycles. The molecule has 1 aromatic rings. The van der Waals surface area contributed by atoms with Crippen LogP contribution >= 0.6 is 0 Å². The van der Waals surface area contributed by atoms with Crippen LogP contribution in [0, 0.1) is 5.41 Å². The number of nitrogens with two attached hydrogens (primary N) is 1. The van der Waals surface area contributed by atoms with Crippen molar-refractivity contribution in [2.24, 2.45) is 5.41 Å². The van der Waals surface area contributed by atoms with Crippen LogP contribution in [-0.4, -0.2) is 12.5 Å². The average Bonchev–Trinajstić information content (AvgIpc) is 2.86. The molecule has 3 heteroatoms. The van der Waals surface area contributed by atoms with Crippen molar-refractivity contribution < 1.29 is 4.79 Å². The average molecular weight is 246 g/mol. The largest absolute Gasteiger partial charge is 0.398 e. The maximum absolute atomic E-state index is 12.1. The number of nitrogens with one attached hydrogen (secondary N) is 1. The van der Waals surface area contributed by atoms with E-state index in [2.05, 4.69) is 12.2 Å². The van der Waals surface area contributed by atoms with Crippen LogP contribution in [-0.2, 0) is 0 Å². The second-order valence-corrected chi connectivity index (χ2v) is 5.33. The molecule has 0 spiro atoms. The third-order valence-corrected chi connectivity index (χ3v) is 4.24. The Morgan fingerprint density at radius 2 is 2.00 bits per heavy atom. The third-order valence-electron chi connectivity index (χ3n) is 4.24. The van der Waals surface area contributed by atoms with E-state index in [9.17, 15) is 4.79 Å². The normalized spacial score (nSPS) is 17.6. The van der Waals surface area contributed by atoms with Crippen LogP contribution < -0.4 is 11.1 Å². The lowest BCUT2D eigenvalue weighted by atomic mass is 9.83. The van der Waals surface area contributed by atoms with Gasteiger partial charge in [0.05, 0.1) is 5.56 Å². The van der Waals surface area contributed by atoms with E-state index >= 15 is 0 Å². The van der Waals surface area contributed by atoms with Crippen molar-refractivity contribution in [1.29, 1.82) is 0 Å². The van der Waals surface area contributed by atoms with Crippen molar-refractivity contribution in [1.82, 2.24) is 5.32 Å². The molecule has 0 radical (unpaired) electrons. The molecular weight excluding hydrogens is 224 g/mol. The molecule has 3 nitrogen and oxygen atoms in total. The van der Waals surface area contributed by atoms with Crippen LogP contribution in [0.1, 0.15) is 49.4 Å². The van der Waals surface area contributed by atoms with Crippen LogP contribution in [0.2, 0.25) is 0 Å². The zero-order valence-corrected chi connectivity index (χ0v) is 11.0. The van der Waals surface area contributed by atoms with E-state index in [4.69, 9.17) is 5.73 Å². The maximum Gasteiger partial charge on any atom is 0.253 e. The van der Waals surface area contributed by atoms with Gasteiger partial charge < -0.3 is 11.1 Å². The van der Waals surface area contributed by atoms with Gasteiger partial charge in [0.15, 0.2) is 0 Å². The molecule has 18 heavy (non-hydrogen) atoms. The molecule has 1 aliphatic rings. The molecule has 1 fully saturated rings. The van der Waals surface area contributed by atoms with Gasteiger partial charge in [0, 0.05) is 12.2 Å². The summed E-state index contributed by atoms with van der Waals surface area (Å²) >= 11 is 0. The van der Waals surface area contributed by atoms with Crippen LogP contribution in [0.4, 0.5) is 5.69 Å². The van der Waals surface area contributed by atoms with Gasteiger partial charge in [0.2, 0.25) is 0 Å². The molecule has 1 aromatic carbocycles. The molecule has 0 unspecified atom stereocenters. The van der Waals surface area contributed by atoms with Gasteiger partial charge in [-0.1, -0.05) is 31.9 Å². The number of benzene rings is 1. The minimum absolute atomic E-state index is 0.0483. The first-order chi connectivity index (χ1) is 8.67. The molecule has 0 atom stereocenters. The number of nitrogen functional groups attached to an aromatic ring is 1. The van der Waals surface area contributed by atoms with Gasteiger partial charge in [-0.05, 0) is 36.8 Å². The van der Waals surface area contributed by atoms with Crippen molar-refractivity contribution >= 4 is 11.6 Å². The second kappa shape index (κ2) is 5.42. The van der Waals surface area contributed by atoms with Gasteiger partial charge in [-0.25, -0.2) is 0 Å². The minimum Gasteiger partial charge on any atom is -0.398 e. The lowest BCUT2D eigenvalue weighted by Gasteiger charge is -2.27. The van der Waals surface area contributed by atoms with Crippen molar-refractivity contribution in [3.63, 3.8) is 0 Å². The monoisotopic (exact) mass is 246 g/mol. The number of para-hydroxylation sites is 1. The number of hydrogen-bond donors (Lipinski definition) is 2. The van der Waals surface area contributed by atoms with E-state index in [1.807, 2.05) is 12.1 Å². The number of carbonyl (C=O) groups excluding carboxylic acids is 1. The second-order valence-electron chi connectivity index (χ2n) is 5.33. The van der Waals surface area contributed by atoms with Crippen LogP contribution in [0.3, 0.4) is 0 Å². The number of hydrogen-bond acceptors (Lipinski definition) is 2. The molecule has 1 amide bonds. The molecule has 2 rings (SSSR count). The maximum atomic E-state index is 12.1. The van der Waals surface area contributed by atoms with Gasteiger partial charge in [0.1, 0.15) is 0 Å². The number of carbonyl (C=O) groups is 1. The summed E-state index contributed by atoms with van der Waals surface area (Å²) in [7, 11) is 0. The zero-order chi connectivity index (χ0) is 13.0. The van der Waals surface area contributed by atoms with E-state index in [1.54, 1.807) is 12.1 Å². The fourth-order valence-electron chi connectivity index (χ4n) is 2.85. The summed E-state index contributed by atoms with van der Waals surface area (Å²) in [5, 5.41) is 3.05. The Bertz CT molecular complexity index is 422. The fourth-order valence-corrected chi connectivity index (χ4v) is 2.85. The quantitative estimate of drug-likeness (QED) is 0.802. The molecule has 0 aliphatic heterocycles. The summed E-state index contributed by atoms with van der Waals surface area (Å²) in [4.78, 5) is 12.1. The minimum atomic E-state index is -0.0483. The van der Waals surface area contributed by atoms with Crippen LogP contribution in [0.5, 0.6) is 0 Å². The zero-order valence-electron chi connectivity index (χ0n) is 11.0. The predicted octanol–water partition coefficient (Wildman–Crippen LogP) is 2.97. The van der Waals surface area contributed by atoms with E-state index in [0.717, 1.165) is 13.0 Å². The summed E-state index contributed by atoms with van der Waals surface area (Å²) in [6.07, 6.45) is 6.17. The molecule has 0 bridgehead atoms.